The Balaban J connectivity index is 1.41. The average Bonchev–Trinajstić information content (AvgIpc) is 2.93. The number of phenolic OH excluding ortho intramolecular Hbond substituents is 1. The summed E-state index contributed by atoms with van der Waals surface area (Å²) in [5.41, 5.74) is 2.27. The van der Waals surface area contributed by atoms with E-state index in [-0.39, 0.29) is 28.4 Å². The maximum atomic E-state index is 12.8. The van der Waals surface area contributed by atoms with E-state index < -0.39 is 11.9 Å². The van der Waals surface area contributed by atoms with Gasteiger partial charge in [0.05, 0.1) is 26.9 Å². The highest BCUT2D eigenvalue weighted by atomic mass is 16.5. The van der Waals surface area contributed by atoms with E-state index in [1.165, 1.54) is 57.7 Å². The first-order valence-corrected chi connectivity index (χ1v) is 11.2. The maximum Gasteiger partial charge on any atom is 0.347 e. The summed E-state index contributed by atoms with van der Waals surface area (Å²) in [5.74, 6) is 0.604. The Morgan fingerprint density at radius 2 is 1.03 bits per heavy atom. The van der Waals surface area contributed by atoms with Crippen LogP contribution in [0.15, 0.2) is 84.9 Å². The molecule has 0 amide bonds. The molecule has 1 N–H and O–H groups in total. The molecule has 0 atom stereocenters. The molecule has 0 radical (unpaired) electrons. The van der Waals surface area contributed by atoms with Gasteiger partial charge in [0.15, 0.2) is 11.5 Å². The number of methoxy groups -OCH3 is 3. The zero-order valence-corrected chi connectivity index (χ0v) is 20.4. The minimum atomic E-state index is -0.665. The minimum absolute atomic E-state index is 0.152. The molecular weight excluding hydrogens is 476 g/mol. The van der Waals surface area contributed by atoms with Crippen molar-refractivity contribution in [3.05, 3.63) is 96.1 Å². The van der Waals surface area contributed by atoms with Crippen LogP contribution >= 0.6 is 0 Å². The monoisotopic (exact) mass is 500 g/mol. The van der Waals surface area contributed by atoms with E-state index in [1.54, 1.807) is 36.4 Å². The fourth-order valence-corrected chi connectivity index (χ4v) is 3.55. The third kappa shape index (κ3) is 5.82. The first-order chi connectivity index (χ1) is 17.9. The van der Waals surface area contributed by atoms with Crippen LogP contribution in [0.3, 0.4) is 0 Å². The Kier molecular flexibility index (Phi) is 7.59. The third-order valence-corrected chi connectivity index (χ3v) is 5.49. The van der Waals surface area contributed by atoms with Crippen LogP contribution in [0, 0.1) is 0 Å². The Morgan fingerprint density at radius 3 is 1.57 bits per heavy atom. The van der Waals surface area contributed by atoms with Gasteiger partial charge < -0.3 is 28.8 Å². The second-order valence-electron chi connectivity index (χ2n) is 7.78. The number of hydrogen-bond donors (Lipinski definition) is 1. The molecule has 0 aliphatic carbocycles. The van der Waals surface area contributed by atoms with Gasteiger partial charge in [0.1, 0.15) is 28.6 Å². The topological polar surface area (TPSA) is 101 Å². The molecule has 4 rings (SSSR count). The number of phenols is 1. The summed E-state index contributed by atoms with van der Waals surface area (Å²) in [6.07, 6.45) is 0. The van der Waals surface area contributed by atoms with Crippen molar-refractivity contribution >= 4 is 11.9 Å². The lowest BCUT2D eigenvalue weighted by Crippen LogP contribution is -2.12. The summed E-state index contributed by atoms with van der Waals surface area (Å²) < 4.78 is 26.7. The number of carbonyl (C=O) groups is 2. The molecule has 0 aliphatic heterocycles. The van der Waals surface area contributed by atoms with Gasteiger partial charge in [-0.3, -0.25) is 0 Å². The smallest absolute Gasteiger partial charge is 0.347 e. The number of hydrogen-bond acceptors (Lipinski definition) is 8. The van der Waals surface area contributed by atoms with Crippen LogP contribution in [0.4, 0.5) is 0 Å². The fraction of sp³-hybridized carbons (Fsp3) is 0.103. The zero-order chi connectivity index (χ0) is 26.4. The molecule has 0 aromatic heterocycles. The zero-order valence-electron chi connectivity index (χ0n) is 20.4. The molecule has 0 bridgehead atoms. The van der Waals surface area contributed by atoms with Gasteiger partial charge in [-0.2, -0.15) is 0 Å². The largest absolute Gasteiger partial charge is 0.508 e. The van der Waals surface area contributed by atoms with E-state index in [9.17, 15) is 14.7 Å². The minimum Gasteiger partial charge on any atom is -0.508 e. The van der Waals surface area contributed by atoms with E-state index in [0.717, 1.165) is 11.1 Å². The highest BCUT2D eigenvalue weighted by Crippen LogP contribution is 2.35. The summed E-state index contributed by atoms with van der Waals surface area (Å²) in [7, 11) is 4.37. The summed E-state index contributed by atoms with van der Waals surface area (Å²) in [5, 5.41) is 9.43. The number of ether oxygens (including phenoxy) is 5. The highest BCUT2D eigenvalue weighted by Gasteiger charge is 2.20. The molecular formula is C29H24O8. The predicted octanol–water partition coefficient (Wildman–Crippen LogP) is 5.52. The van der Waals surface area contributed by atoms with Crippen LogP contribution in [0.1, 0.15) is 20.7 Å². The molecule has 0 heterocycles. The van der Waals surface area contributed by atoms with Crippen molar-refractivity contribution in [2.45, 2.75) is 0 Å². The summed E-state index contributed by atoms with van der Waals surface area (Å²) in [6, 6.07) is 22.8. The summed E-state index contributed by atoms with van der Waals surface area (Å²) in [6.45, 7) is 0. The van der Waals surface area contributed by atoms with Crippen molar-refractivity contribution in [2.75, 3.05) is 21.3 Å². The van der Waals surface area contributed by atoms with E-state index in [2.05, 4.69) is 0 Å². The molecule has 0 spiro atoms. The van der Waals surface area contributed by atoms with Gasteiger partial charge >= 0.3 is 11.9 Å². The molecule has 8 nitrogen and oxygen atoms in total. The predicted molar refractivity (Wildman–Crippen MR) is 136 cm³/mol. The first-order valence-electron chi connectivity index (χ1n) is 11.2. The van der Waals surface area contributed by atoms with E-state index in [0.29, 0.717) is 17.2 Å². The third-order valence-electron chi connectivity index (χ3n) is 5.49. The quantitative estimate of drug-likeness (QED) is 0.249. The van der Waals surface area contributed by atoms with Crippen LogP contribution in [-0.4, -0.2) is 38.4 Å². The lowest BCUT2D eigenvalue weighted by atomic mass is 10.1. The average molecular weight is 501 g/mol. The molecule has 0 saturated carbocycles. The summed E-state index contributed by atoms with van der Waals surface area (Å²) in [4.78, 5) is 25.3. The Bertz CT molecular complexity index is 1390. The van der Waals surface area contributed by atoms with E-state index in [1.807, 2.05) is 12.1 Å². The van der Waals surface area contributed by atoms with Crippen molar-refractivity contribution in [1.29, 1.82) is 0 Å². The van der Waals surface area contributed by atoms with E-state index >= 15 is 0 Å². The van der Waals surface area contributed by atoms with Crippen molar-refractivity contribution in [3.63, 3.8) is 0 Å². The van der Waals surface area contributed by atoms with Crippen molar-refractivity contribution < 1.29 is 38.4 Å². The number of benzene rings is 4. The number of carbonyl (C=O) groups excluding carboxylic acids is 2. The molecule has 0 unspecified atom stereocenters. The Labute approximate surface area is 213 Å². The molecule has 4 aromatic rings. The van der Waals surface area contributed by atoms with Crippen LogP contribution in [0.5, 0.6) is 34.5 Å². The fourth-order valence-electron chi connectivity index (χ4n) is 3.55. The molecule has 0 aliphatic rings. The van der Waals surface area contributed by atoms with Crippen molar-refractivity contribution in [3.8, 4) is 45.6 Å². The van der Waals surface area contributed by atoms with Gasteiger partial charge in [-0.25, -0.2) is 9.59 Å². The highest BCUT2D eigenvalue weighted by molar-refractivity contribution is 5.95. The lowest BCUT2D eigenvalue weighted by Gasteiger charge is -2.13. The van der Waals surface area contributed by atoms with Gasteiger partial charge in [-0.05, 0) is 59.7 Å². The van der Waals surface area contributed by atoms with Crippen LogP contribution < -0.4 is 23.7 Å². The first kappa shape index (κ1) is 25.1. The molecule has 4 aromatic carbocycles. The molecule has 0 saturated heterocycles. The number of esters is 2. The van der Waals surface area contributed by atoms with Gasteiger partial charge in [-0.1, -0.05) is 24.3 Å². The SMILES string of the molecule is COc1cc(OC)c(C(=O)Oc2ccc(C(=O)Oc3ccc(-c4ccc(O)cc4)cc3)cc2)cc1OC. The molecule has 188 valence electrons. The van der Waals surface area contributed by atoms with Gasteiger partial charge in [0, 0.05) is 12.1 Å². The van der Waals surface area contributed by atoms with Gasteiger partial charge in [-0.15, -0.1) is 0 Å². The Hall–Kier alpha value is -4.98. The molecule has 0 fully saturated rings. The number of rotatable bonds is 8. The van der Waals surface area contributed by atoms with Crippen LogP contribution in [0.2, 0.25) is 0 Å². The summed E-state index contributed by atoms with van der Waals surface area (Å²) >= 11 is 0. The Morgan fingerprint density at radius 1 is 0.568 bits per heavy atom. The van der Waals surface area contributed by atoms with Crippen LogP contribution in [-0.2, 0) is 0 Å². The normalized spacial score (nSPS) is 10.4. The van der Waals surface area contributed by atoms with E-state index in [4.69, 9.17) is 23.7 Å². The number of aromatic hydroxyl groups is 1. The second-order valence-corrected chi connectivity index (χ2v) is 7.78. The van der Waals surface area contributed by atoms with Crippen molar-refractivity contribution in [1.82, 2.24) is 0 Å². The standard InChI is InChI=1S/C29H24O8/c1-33-25-17-27(35-3)26(34-2)16-24(25)29(32)37-23-14-8-20(9-15-23)28(31)36-22-12-6-19(7-13-22)18-4-10-21(30)11-5-18/h4-17,30H,1-3H3. The second kappa shape index (κ2) is 11.2. The lowest BCUT2D eigenvalue weighted by molar-refractivity contribution is 0.0727. The molecule has 8 heteroatoms. The van der Waals surface area contributed by atoms with Crippen LogP contribution in [0.25, 0.3) is 11.1 Å². The van der Waals surface area contributed by atoms with Crippen molar-refractivity contribution in [2.24, 2.45) is 0 Å². The van der Waals surface area contributed by atoms with Gasteiger partial charge in [0.25, 0.3) is 0 Å². The molecule has 37 heavy (non-hydrogen) atoms. The van der Waals surface area contributed by atoms with Gasteiger partial charge in [0.2, 0.25) is 0 Å². The maximum absolute atomic E-state index is 12.8.